The average molecular weight is 246 g/mol. The first-order valence-corrected chi connectivity index (χ1v) is 7.66. The molecule has 0 amide bonds. The van der Waals surface area contributed by atoms with Gasteiger partial charge in [0.1, 0.15) is 0 Å². The van der Waals surface area contributed by atoms with Crippen molar-refractivity contribution in [1.82, 2.24) is 0 Å². The van der Waals surface area contributed by atoms with E-state index in [-0.39, 0.29) is 0 Å². The second-order valence-electron chi connectivity index (χ2n) is 5.37. The van der Waals surface area contributed by atoms with Gasteiger partial charge < -0.3 is 0 Å². The molecule has 0 N–H and O–H groups in total. The number of benzene rings is 1. The maximum Gasteiger partial charge on any atom is 0.0193 e. The summed E-state index contributed by atoms with van der Waals surface area (Å²) < 4.78 is 0. The van der Waals surface area contributed by atoms with Gasteiger partial charge in [-0.15, -0.1) is 0 Å². The molecule has 0 atom stereocenters. The molecular formula is C16H22S. The van der Waals surface area contributed by atoms with Crippen LogP contribution in [-0.2, 0) is 5.75 Å². The molecule has 0 unspecified atom stereocenters. The monoisotopic (exact) mass is 246 g/mol. The van der Waals surface area contributed by atoms with E-state index in [0.717, 1.165) is 11.5 Å². The topological polar surface area (TPSA) is 0 Å². The summed E-state index contributed by atoms with van der Waals surface area (Å²) in [5.74, 6) is 3.53. The van der Waals surface area contributed by atoms with Crippen molar-refractivity contribution in [2.75, 3.05) is 5.75 Å². The fourth-order valence-electron chi connectivity index (χ4n) is 2.52. The second-order valence-corrected chi connectivity index (χ2v) is 6.40. The van der Waals surface area contributed by atoms with E-state index in [9.17, 15) is 0 Å². The molecule has 0 radical (unpaired) electrons. The fourth-order valence-corrected chi connectivity index (χ4v) is 3.39. The van der Waals surface area contributed by atoms with E-state index in [1.54, 1.807) is 11.1 Å². The molecule has 1 aromatic carbocycles. The molecule has 0 spiro atoms. The van der Waals surface area contributed by atoms with E-state index < -0.39 is 0 Å². The van der Waals surface area contributed by atoms with Crippen LogP contribution in [0.3, 0.4) is 0 Å². The highest BCUT2D eigenvalue weighted by Crippen LogP contribution is 2.37. The van der Waals surface area contributed by atoms with Crippen LogP contribution in [0.2, 0.25) is 0 Å². The molecular weight excluding hydrogens is 224 g/mol. The van der Waals surface area contributed by atoms with Crippen LogP contribution in [0.5, 0.6) is 0 Å². The summed E-state index contributed by atoms with van der Waals surface area (Å²) in [6, 6.07) is 6.82. The molecule has 17 heavy (non-hydrogen) atoms. The van der Waals surface area contributed by atoms with Crippen molar-refractivity contribution < 1.29 is 0 Å². The SMILES string of the molecule is CC(C)C1=CCSCc2cccc(C(C)C)c21. The van der Waals surface area contributed by atoms with Gasteiger partial charge in [0.05, 0.1) is 0 Å². The van der Waals surface area contributed by atoms with E-state index in [2.05, 4.69) is 52.0 Å². The van der Waals surface area contributed by atoms with Gasteiger partial charge in [-0.2, -0.15) is 11.8 Å². The van der Waals surface area contributed by atoms with Gasteiger partial charge in [-0.3, -0.25) is 0 Å². The summed E-state index contributed by atoms with van der Waals surface area (Å²) in [4.78, 5) is 0. The van der Waals surface area contributed by atoms with Gasteiger partial charge in [-0.25, -0.2) is 0 Å². The van der Waals surface area contributed by atoms with Gasteiger partial charge in [-0.1, -0.05) is 52.0 Å². The van der Waals surface area contributed by atoms with Crippen LogP contribution in [-0.4, -0.2) is 5.75 Å². The lowest BCUT2D eigenvalue weighted by Crippen LogP contribution is -2.03. The van der Waals surface area contributed by atoms with Crippen LogP contribution in [0, 0.1) is 5.92 Å². The van der Waals surface area contributed by atoms with Gasteiger partial charge in [0.25, 0.3) is 0 Å². The fraction of sp³-hybridized carbons (Fsp3) is 0.500. The van der Waals surface area contributed by atoms with E-state index in [1.165, 1.54) is 11.1 Å². The van der Waals surface area contributed by atoms with Crippen LogP contribution in [0.4, 0.5) is 0 Å². The molecule has 1 aromatic rings. The van der Waals surface area contributed by atoms with Crippen LogP contribution in [0.1, 0.15) is 50.3 Å². The van der Waals surface area contributed by atoms with E-state index in [4.69, 9.17) is 0 Å². The van der Waals surface area contributed by atoms with Crippen LogP contribution >= 0.6 is 11.8 Å². The molecule has 1 aliphatic rings. The molecule has 1 heterocycles. The van der Waals surface area contributed by atoms with Gasteiger partial charge in [0, 0.05) is 11.5 Å². The lowest BCUT2D eigenvalue weighted by Gasteiger charge is -2.20. The molecule has 0 aliphatic carbocycles. The summed E-state index contributed by atoms with van der Waals surface area (Å²) >= 11 is 2.02. The third-order valence-electron chi connectivity index (χ3n) is 3.39. The first kappa shape index (κ1) is 12.8. The Morgan fingerprint density at radius 2 is 1.82 bits per heavy atom. The molecule has 1 heteroatoms. The Kier molecular flexibility index (Phi) is 3.98. The molecule has 92 valence electrons. The highest BCUT2D eigenvalue weighted by molar-refractivity contribution is 7.98. The maximum absolute atomic E-state index is 2.44. The smallest absolute Gasteiger partial charge is 0.0193 e. The summed E-state index contributed by atoms with van der Waals surface area (Å²) in [7, 11) is 0. The van der Waals surface area contributed by atoms with Gasteiger partial charge in [-0.05, 0) is 34.1 Å². The van der Waals surface area contributed by atoms with Gasteiger partial charge in [0.15, 0.2) is 0 Å². The molecule has 2 rings (SSSR count). The Hall–Kier alpha value is -0.690. The van der Waals surface area contributed by atoms with Crippen molar-refractivity contribution in [3.63, 3.8) is 0 Å². The van der Waals surface area contributed by atoms with Crippen molar-refractivity contribution in [3.05, 3.63) is 41.0 Å². The van der Waals surface area contributed by atoms with E-state index in [1.807, 2.05) is 11.8 Å². The van der Waals surface area contributed by atoms with E-state index in [0.29, 0.717) is 11.8 Å². The van der Waals surface area contributed by atoms with Crippen molar-refractivity contribution in [2.45, 2.75) is 39.4 Å². The van der Waals surface area contributed by atoms with E-state index >= 15 is 0 Å². The number of fused-ring (bicyclic) bond motifs is 1. The standard InChI is InChI=1S/C16H22S/c1-11(2)14-7-5-6-13-10-17-9-8-15(12(3)4)16(13)14/h5-8,11-12H,9-10H2,1-4H3. The van der Waals surface area contributed by atoms with Crippen LogP contribution < -0.4 is 0 Å². The lowest BCUT2D eigenvalue weighted by molar-refractivity contribution is 0.826. The molecule has 0 fully saturated rings. The normalized spacial score (nSPS) is 15.8. The molecule has 0 saturated carbocycles. The summed E-state index contributed by atoms with van der Waals surface area (Å²) in [5, 5.41) is 0. The zero-order chi connectivity index (χ0) is 12.4. The lowest BCUT2D eigenvalue weighted by atomic mass is 9.85. The highest BCUT2D eigenvalue weighted by Gasteiger charge is 2.18. The second kappa shape index (κ2) is 5.30. The summed E-state index contributed by atoms with van der Waals surface area (Å²) in [6.45, 7) is 9.21. The first-order chi connectivity index (χ1) is 8.11. The number of hydrogen-bond donors (Lipinski definition) is 0. The Bertz CT molecular complexity index is 427. The third kappa shape index (κ3) is 2.60. The zero-order valence-corrected chi connectivity index (χ0v) is 12.1. The highest BCUT2D eigenvalue weighted by atomic mass is 32.2. The van der Waals surface area contributed by atoms with Crippen LogP contribution in [0.25, 0.3) is 5.57 Å². The Morgan fingerprint density at radius 3 is 2.47 bits per heavy atom. The number of hydrogen-bond acceptors (Lipinski definition) is 1. The van der Waals surface area contributed by atoms with Crippen LogP contribution in [0.15, 0.2) is 24.3 Å². The van der Waals surface area contributed by atoms with Crippen molar-refractivity contribution in [1.29, 1.82) is 0 Å². The zero-order valence-electron chi connectivity index (χ0n) is 11.3. The first-order valence-electron chi connectivity index (χ1n) is 6.51. The predicted octanol–water partition coefficient (Wildman–Crippen LogP) is 5.10. The number of rotatable bonds is 2. The maximum atomic E-state index is 2.44. The third-order valence-corrected chi connectivity index (χ3v) is 4.31. The Morgan fingerprint density at radius 1 is 1.06 bits per heavy atom. The molecule has 1 aliphatic heterocycles. The average Bonchev–Trinajstić information content (AvgIpc) is 2.50. The molecule has 0 nitrogen and oxygen atoms in total. The van der Waals surface area contributed by atoms with Crippen molar-refractivity contribution >= 4 is 17.3 Å². The Labute approximate surface area is 110 Å². The van der Waals surface area contributed by atoms with Crippen molar-refractivity contribution in [3.8, 4) is 0 Å². The minimum Gasteiger partial charge on any atom is -0.153 e. The molecule has 0 saturated heterocycles. The Balaban J connectivity index is 2.61. The minimum absolute atomic E-state index is 0.607. The molecule has 0 bridgehead atoms. The van der Waals surface area contributed by atoms with Gasteiger partial charge >= 0.3 is 0 Å². The van der Waals surface area contributed by atoms with Gasteiger partial charge in [0.2, 0.25) is 0 Å². The number of allylic oxidation sites excluding steroid dienone is 1. The molecule has 0 aromatic heterocycles. The largest absolute Gasteiger partial charge is 0.153 e. The minimum atomic E-state index is 0.607. The quantitative estimate of drug-likeness (QED) is 0.700. The summed E-state index contributed by atoms with van der Waals surface area (Å²) in [6.07, 6.45) is 2.44. The number of thioether (sulfide) groups is 1. The van der Waals surface area contributed by atoms with Crippen molar-refractivity contribution in [2.24, 2.45) is 5.92 Å². The summed E-state index contributed by atoms with van der Waals surface area (Å²) in [5.41, 5.74) is 6.14. The predicted molar refractivity (Wildman–Crippen MR) is 79.5 cm³/mol.